The van der Waals surface area contributed by atoms with Gasteiger partial charge >= 0.3 is 5.97 Å². The van der Waals surface area contributed by atoms with Gasteiger partial charge in [0.2, 0.25) is 0 Å². The van der Waals surface area contributed by atoms with Crippen molar-refractivity contribution < 1.29 is 9.53 Å². The average Bonchev–Trinajstić information content (AvgIpc) is 2.25. The van der Waals surface area contributed by atoms with Crippen molar-refractivity contribution in [1.29, 1.82) is 0 Å². The monoisotopic (exact) mass is 268 g/mol. The Morgan fingerprint density at radius 2 is 2.40 bits per heavy atom. The van der Waals surface area contributed by atoms with E-state index in [1.807, 2.05) is 0 Å². The van der Waals surface area contributed by atoms with Crippen LogP contribution in [0.15, 0.2) is 33.5 Å². The molecule has 15 heavy (non-hydrogen) atoms. The van der Waals surface area contributed by atoms with Crippen LogP contribution in [0.5, 0.6) is 0 Å². The molecule has 0 bridgehead atoms. The van der Waals surface area contributed by atoms with Crippen LogP contribution in [0.2, 0.25) is 0 Å². The first kappa shape index (κ1) is 11.6. The molecule has 0 fully saturated rings. The summed E-state index contributed by atoms with van der Waals surface area (Å²) < 4.78 is 5.21. The summed E-state index contributed by atoms with van der Waals surface area (Å²) in [5, 5.41) is 0. The SMILES string of the molecule is C=N/C(=C\c1cccc(Br)n1)C(=O)OC. The molecule has 0 atom stereocenters. The predicted molar refractivity (Wildman–Crippen MR) is 61.5 cm³/mol. The summed E-state index contributed by atoms with van der Waals surface area (Å²) in [6.45, 7) is 3.29. The number of nitrogens with zero attached hydrogens (tertiary/aromatic N) is 2. The van der Waals surface area contributed by atoms with Gasteiger partial charge in [-0.15, -0.1) is 0 Å². The molecule has 0 aliphatic heterocycles. The molecule has 0 aromatic carbocycles. The van der Waals surface area contributed by atoms with Crippen LogP contribution in [0, 0.1) is 0 Å². The number of hydrogen-bond donors (Lipinski definition) is 0. The van der Waals surface area contributed by atoms with Gasteiger partial charge in [0, 0.05) is 0 Å². The largest absolute Gasteiger partial charge is 0.464 e. The zero-order chi connectivity index (χ0) is 11.3. The third-order valence-corrected chi connectivity index (χ3v) is 2.03. The van der Waals surface area contributed by atoms with Gasteiger partial charge in [-0.1, -0.05) is 6.07 Å². The van der Waals surface area contributed by atoms with Crippen LogP contribution in [0.4, 0.5) is 0 Å². The molecule has 0 saturated carbocycles. The minimum absolute atomic E-state index is 0.128. The van der Waals surface area contributed by atoms with Crippen LogP contribution in [-0.2, 0) is 9.53 Å². The van der Waals surface area contributed by atoms with Crippen LogP contribution >= 0.6 is 15.9 Å². The maximum atomic E-state index is 11.2. The van der Waals surface area contributed by atoms with E-state index in [4.69, 9.17) is 0 Å². The van der Waals surface area contributed by atoms with Gasteiger partial charge in [0.25, 0.3) is 0 Å². The Hall–Kier alpha value is -1.49. The second-order valence-corrected chi connectivity index (χ2v) is 3.38. The fourth-order valence-corrected chi connectivity index (χ4v) is 1.28. The molecule has 0 N–H and O–H groups in total. The lowest BCUT2D eigenvalue weighted by molar-refractivity contribution is -0.136. The van der Waals surface area contributed by atoms with Crippen LogP contribution < -0.4 is 0 Å². The number of aromatic nitrogens is 1. The van der Waals surface area contributed by atoms with Gasteiger partial charge in [-0.05, 0) is 40.9 Å². The normalized spacial score (nSPS) is 10.9. The van der Waals surface area contributed by atoms with Crippen molar-refractivity contribution in [3.8, 4) is 0 Å². The standard InChI is InChI=1S/C10H9BrN2O2/c1-12-8(10(14)15-2)6-7-4-3-5-9(11)13-7/h3-6H,1H2,2H3/b8-6-. The zero-order valence-electron chi connectivity index (χ0n) is 8.11. The second-order valence-electron chi connectivity index (χ2n) is 2.56. The molecule has 1 rings (SSSR count). The Balaban J connectivity index is 3.03. The highest BCUT2D eigenvalue weighted by atomic mass is 79.9. The van der Waals surface area contributed by atoms with E-state index >= 15 is 0 Å². The highest BCUT2D eigenvalue weighted by Crippen LogP contribution is 2.10. The topological polar surface area (TPSA) is 51.5 Å². The fourth-order valence-electron chi connectivity index (χ4n) is 0.918. The quantitative estimate of drug-likeness (QED) is 0.365. The third kappa shape index (κ3) is 3.28. The minimum Gasteiger partial charge on any atom is -0.464 e. The molecule has 78 valence electrons. The lowest BCUT2D eigenvalue weighted by Gasteiger charge is -1.99. The van der Waals surface area contributed by atoms with Gasteiger partial charge in [-0.2, -0.15) is 0 Å². The number of pyridine rings is 1. The van der Waals surface area contributed by atoms with Crippen molar-refractivity contribution in [2.75, 3.05) is 7.11 Å². The van der Waals surface area contributed by atoms with Crippen LogP contribution in [0.3, 0.4) is 0 Å². The van der Waals surface area contributed by atoms with Gasteiger partial charge in [0.1, 0.15) is 10.3 Å². The van der Waals surface area contributed by atoms with Crippen molar-refractivity contribution in [3.63, 3.8) is 0 Å². The van der Waals surface area contributed by atoms with Crippen molar-refractivity contribution in [3.05, 3.63) is 34.2 Å². The number of methoxy groups -OCH3 is 1. The average molecular weight is 269 g/mol. The maximum Gasteiger partial charge on any atom is 0.356 e. The van der Waals surface area contributed by atoms with Crippen molar-refractivity contribution in [1.82, 2.24) is 4.98 Å². The Morgan fingerprint density at radius 1 is 1.67 bits per heavy atom. The summed E-state index contributed by atoms with van der Waals surface area (Å²) in [7, 11) is 1.29. The Labute approximate surface area is 95.8 Å². The predicted octanol–water partition coefficient (Wildman–Crippen LogP) is 2.06. The molecule has 0 amide bonds. The molecule has 0 aliphatic carbocycles. The zero-order valence-corrected chi connectivity index (χ0v) is 9.69. The molecule has 0 spiro atoms. The first-order chi connectivity index (χ1) is 7.17. The number of aliphatic imine (C=N–C) groups is 1. The van der Waals surface area contributed by atoms with Gasteiger partial charge in [-0.25, -0.2) is 9.78 Å². The molecule has 1 aromatic rings. The number of carbonyl (C=O) groups excluding carboxylic acids is 1. The molecule has 1 heterocycles. The molecular formula is C10H9BrN2O2. The highest BCUT2D eigenvalue weighted by molar-refractivity contribution is 9.10. The Kier molecular flexibility index (Phi) is 4.17. The molecule has 0 unspecified atom stereocenters. The number of halogens is 1. The van der Waals surface area contributed by atoms with E-state index in [1.54, 1.807) is 18.2 Å². The van der Waals surface area contributed by atoms with Crippen molar-refractivity contribution in [2.45, 2.75) is 0 Å². The van der Waals surface area contributed by atoms with Gasteiger partial charge in [-0.3, -0.25) is 4.99 Å². The van der Waals surface area contributed by atoms with Gasteiger partial charge in [0.05, 0.1) is 12.8 Å². The van der Waals surface area contributed by atoms with Crippen LogP contribution in [0.25, 0.3) is 6.08 Å². The van der Waals surface area contributed by atoms with Gasteiger partial charge in [0.15, 0.2) is 0 Å². The van der Waals surface area contributed by atoms with E-state index in [2.05, 4.69) is 37.4 Å². The van der Waals surface area contributed by atoms with E-state index < -0.39 is 5.97 Å². The number of rotatable bonds is 3. The summed E-state index contributed by atoms with van der Waals surface area (Å²) in [6, 6.07) is 5.34. The lowest BCUT2D eigenvalue weighted by atomic mass is 10.3. The summed E-state index contributed by atoms with van der Waals surface area (Å²) in [5.41, 5.74) is 0.736. The number of carbonyl (C=O) groups is 1. The van der Waals surface area contributed by atoms with E-state index in [0.717, 1.165) is 0 Å². The first-order valence-electron chi connectivity index (χ1n) is 4.06. The van der Waals surface area contributed by atoms with E-state index in [9.17, 15) is 4.79 Å². The van der Waals surface area contributed by atoms with E-state index in [-0.39, 0.29) is 5.70 Å². The molecular weight excluding hydrogens is 260 g/mol. The lowest BCUT2D eigenvalue weighted by Crippen LogP contribution is -2.02. The molecule has 0 saturated heterocycles. The van der Waals surface area contributed by atoms with Gasteiger partial charge < -0.3 is 4.74 Å². The summed E-state index contributed by atoms with van der Waals surface area (Å²) in [4.78, 5) is 18.9. The Bertz CT molecular complexity index is 416. The molecule has 0 radical (unpaired) electrons. The number of esters is 1. The first-order valence-corrected chi connectivity index (χ1v) is 4.86. The number of ether oxygens (including phenoxy) is 1. The van der Waals surface area contributed by atoms with Crippen LogP contribution in [0.1, 0.15) is 5.69 Å². The molecule has 4 nitrogen and oxygen atoms in total. The van der Waals surface area contributed by atoms with Crippen molar-refractivity contribution >= 4 is 34.7 Å². The minimum atomic E-state index is -0.535. The number of hydrogen-bond acceptors (Lipinski definition) is 4. The Morgan fingerprint density at radius 3 is 2.93 bits per heavy atom. The maximum absolute atomic E-state index is 11.2. The van der Waals surface area contributed by atoms with E-state index in [1.165, 1.54) is 13.2 Å². The third-order valence-electron chi connectivity index (χ3n) is 1.59. The second kappa shape index (κ2) is 5.41. The molecule has 1 aromatic heterocycles. The van der Waals surface area contributed by atoms with Crippen molar-refractivity contribution in [2.24, 2.45) is 4.99 Å². The molecule has 0 aliphatic rings. The van der Waals surface area contributed by atoms with Crippen LogP contribution in [-0.4, -0.2) is 24.8 Å². The van der Waals surface area contributed by atoms with E-state index in [0.29, 0.717) is 10.3 Å². The summed E-state index contributed by atoms with van der Waals surface area (Å²) in [6.07, 6.45) is 1.50. The molecule has 5 heteroatoms. The fraction of sp³-hybridized carbons (Fsp3) is 0.100. The smallest absolute Gasteiger partial charge is 0.356 e. The summed E-state index contributed by atoms with van der Waals surface area (Å²) in [5.74, 6) is -0.535. The summed E-state index contributed by atoms with van der Waals surface area (Å²) >= 11 is 3.23. The highest BCUT2D eigenvalue weighted by Gasteiger charge is 2.07.